The lowest BCUT2D eigenvalue weighted by atomic mass is 9.91. The molecule has 90 valence electrons. The minimum Gasteiger partial charge on any atom is -0.391 e. The lowest BCUT2D eigenvalue weighted by molar-refractivity contribution is 0.202. The molecule has 0 radical (unpaired) electrons. The number of aliphatic hydroxyl groups is 1. The van der Waals surface area contributed by atoms with Crippen LogP contribution >= 0.6 is 7.37 Å². The van der Waals surface area contributed by atoms with Crippen LogP contribution in [-0.2, 0) is 4.57 Å². The van der Waals surface area contributed by atoms with Crippen LogP contribution < -0.4 is 5.73 Å². The average molecular weight is 235 g/mol. The Kier molecular flexibility index (Phi) is 5.27. The van der Waals surface area contributed by atoms with Crippen molar-refractivity contribution in [2.24, 2.45) is 11.7 Å². The Bertz CT molecular complexity index is 229. The van der Waals surface area contributed by atoms with Crippen LogP contribution in [0.1, 0.15) is 32.1 Å². The highest BCUT2D eigenvalue weighted by molar-refractivity contribution is 7.58. The van der Waals surface area contributed by atoms with Crippen LogP contribution in [-0.4, -0.2) is 35.0 Å². The quantitative estimate of drug-likeness (QED) is 0.624. The Labute approximate surface area is 91.3 Å². The monoisotopic (exact) mass is 235 g/mol. The van der Waals surface area contributed by atoms with Crippen LogP contribution in [0.2, 0.25) is 0 Å². The molecule has 0 aromatic heterocycles. The fourth-order valence-electron chi connectivity index (χ4n) is 2.25. The van der Waals surface area contributed by atoms with E-state index in [1.54, 1.807) is 0 Å². The molecule has 1 rings (SSSR count). The second kappa shape index (κ2) is 6.00. The number of hydrogen-bond acceptors (Lipinski definition) is 3. The van der Waals surface area contributed by atoms with Crippen molar-refractivity contribution in [1.29, 1.82) is 0 Å². The number of rotatable bonds is 5. The molecular weight excluding hydrogens is 213 g/mol. The zero-order valence-corrected chi connectivity index (χ0v) is 10.0. The lowest BCUT2D eigenvalue weighted by Crippen LogP contribution is -2.25. The first-order valence-electron chi connectivity index (χ1n) is 5.72. The smallest absolute Gasteiger partial charge is 0.203 e. The highest BCUT2D eigenvalue weighted by Gasteiger charge is 2.27. The van der Waals surface area contributed by atoms with Crippen LogP contribution in [0.25, 0.3) is 0 Å². The first kappa shape index (κ1) is 13.2. The molecule has 1 unspecified atom stereocenters. The predicted molar refractivity (Wildman–Crippen MR) is 61.2 cm³/mol. The van der Waals surface area contributed by atoms with E-state index in [2.05, 4.69) is 0 Å². The Hall–Kier alpha value is 0.110. The summed E-state index contributed by atoms with van der Waals surface area (Å²) in [6, 6.07) is 0. The van der Waals surface area contributed by atoms with Crippen LogP contribution in [0.4, 0.5) is 0 Å². The molecule has 0 aliphatic heterocycles. The first-order chi connectivity index (χ1) is 7.03. The summed E-state index contributed by atoms with van der Waals surface area (Å²) in [5, 5.41) is 9.27. The van der Waals surface area contributed by atoms with Gasteiger partial charge in [-0.3, -0.25) is 4.57 Å². The Morgan fingerprint density at radius 3 is 2.47 bits per heavy atom. The van der Waals surface area contributed by atoms with Gasteiger partial charge in [-0.25, -0.2) is 0 Å². The predicted octanol–water partition coefficient (Wildman–Crippen LogP) is 1.16. The molecule has 5 heteroatoms. The molecule has 15 heavy (non-hydrogen) atoms. The van der Waals surface area contributed by atoms with Gasteiger partial charge >= 0.3 is 0 Å². The molecular formula is C10H22NO3P. The molecule has 2 atom stereocenters. The maximum atomic E-state index is 11.8. The molecule has 1 aliphatic rings. The third kappa shape index (κ3) is 5.12. The molecule has 1 aliphatic carbocycles. The lowest BCUT2D eigenvalue weighted by Gasteiger charge is -2.24. The molecule has 0 aromatic rings. The highest BCUT2D eigenvalue weighted by atomic mass is 31.2. The van der Waals surface area contributed by atoms with Gasteiger partial charge in [-0.1, -0.05) is 19.3 Å². The van der Waals surface area contributed by atoms with Crippen molar-refractivity contribution >= 4 is 7.37 Å². The molecule has 0 amide bonds. The van der Waals surface area contributed by atoms with Gasteiger partial charge in [0.1, 0.15) is 0 Å². The number of hydrogen-bond donors (Lipinski definition) is 3. The highest BCUT2D eigenvalue weighted by Crippen LogP contribution is 2.45. The van der Waals surface area contributed by atoms with Crippen molar-refractivity contribution in [3.05, 3.63) is 0 Å². The largest absolute Gasteiger partial charge is 0.391 e. The summed E-state index contributed by atoms with van der Waals surface area (Å²) < 4.78 is 11.8. The van der Waals surface area contributed by atoms with Crippen molar-refractivity contribution < 1.29 is 14.6 Å². The number of aliphatic hydroxyl groups excluding tert-OH is 1. The number of nitrogens with two attached hydrogens (primary N) is 1. The van der Waals surface area contributed by atoms with Gasteiger partial charge in [0.2, 0.25) is 7.37 Å². The minimum atomic E-state index is -3.16. The molecule has 0 bridgehead atoms. The zero-order chi connectivity index (χ0) is 11.3. The molecule has 1 saturated carbocycles. The van der Waals surface area contributed by atoms with E-state index < -0.39 is 13.5 Å². The van der Waals surface area contributed by atoms with Crippen molar-refractivity contribution in [2.45, 2.75) is 38.2 Å². The van der Waals surface area contributed by atoms with E-state index in [0.29, 0.717) is 12.1 Å². The average Bonchev–Trinajstić information content (AvgIpc) is 2.17. The summed E-state index contributed by atoms with van der Waals surface area (Å²) in [5.74, 6) is 0.375. The summed E-state index contributed by atoms with van der Waals surface area (Å²) >= 11 is 0. The van der Waals surface area contributed by atoms with E-state index in [1.165, 1.54) is 19.3 Å². The molecule has 4 N–H and O–H groups in total. The summed E-state index contributed by atoms with van der Waals surface area (Å²) in [6.45, 7) is 0.0647. The first-order valence-corrected chi connectivity index (χ1v) is 7.75. The van der Waals surface area contributed by atoms with E-state index in [4.69, 9.17) is 5.73 Å². The third-order valence-electron chi connectivity index (χ3n) is 3.04. The maximum absolute atomic E-state index is 11.8. The van der Waals surface area contributed by atoms with E-state index in [1.807, 2.05) is 0 Å². The van der Waals surface area contributed by atoms with Crippen molar-refractivity contribution in [3.8, 4) is 0 Å². The van der Waals surface area contributed by atoms with Crippen molar-refractivity contribution in [1.82, 2.24) is 0 Å². The minimum absolute atomic E-state index is 0.0417. The van der Waals surface area contributed by atoms with Gasteiger partial charge in [0.05, 0.1) is 12.3 Å². The van der Waals surface area contributed by atoms with E-state index in [-0.39, 0.29) is 12.7 Å². The SMILES string of the molecule is NC[C@@H](O)CP(=O)(O)CC1CCCCC1. The summed E-state index contributed by atoms with van der Waals surface area (Å²) in [6.07, 6.45) is 5.20. The Morgan fingerprint density at radius 1 is 1.33 bits per heavy atom. The summed E-state index contributed by atoms with van der Waals surface area (Å²) in [7, 11) is -3.16. The van der Waals surface area contributed by atoms with Crippen LogP contribution in [0.3, 0.4) is 0 Å². The van der Waals surface area contributed by atoms with Crippen molar-refractivity contribution in [3.63, 3.8) is 0 Å². The van der Waals surface area contributed by atoms with Crippen LogP contribution in [0.5, 0.6) is 0 Å². The fraction of sp³-hybridized carbons (Fsp3) is 1.00. The molecule has 0 heterocycles. The molecule has 1 fully saturated rings. The van der Waals surface area contributed by atoms with E-state index >= 15 is 0 Å². The van der Waals surface area contributed by atoms with Gasteiger partial charge in [0.25, 0.3) is 0 Å². The van der Waals surface area contributed by atoms with E-state index in [0.717, 1.165) is 12.8 Å². The van der Waals surface area contributed by atoms with Gasteiger partial charge < -0.3 is 15.7 Å². The standard InChI is InChI=1S/C10H22NO3P/c11-6-10(12)8-15(13,14)7-9-4-2-1-3-5-9/h9-10,12H,1-8,11H2,(H,13,14)/t10-/m1/s1. The van der Waals surface area contributed by atoms with Crippen molar-refractivity contribution in [2.75, 3.05) is 18.9 Å². The van der Waals surface area contributed by atoms with Gasteiger partial charge in [-0.15, -0.1) is 0 Å². The third-order valence-corrected chi connectivity index (χ3v) is 5.12. The van der Waals surface area contributed by atoms with Gasteiger partial charge in [-0.05, 0) is 18.8 Å². The Morgan fingerprint density at radius 2 is 1.93 bits per heavy atom. The van der Waals surface area contributed by atoms with Crippen LogP contribution in [0.15, 0.2) is 0 Å². The van der Waals surface area contributed by atoms with E-state index in [9.17, 15) is 14.6 Å². The zero-order valence-electron chi connectivity index (χ0n) is 9.14. The molecule has 0 aromatic carbocycles. The molecule has 0 spiro atoms. The topological polar surface area (TPSA) is 83.5 Å². The van der Waals surface area contributed by atoms with Gasteiger partial charge in [0.15, 0.2) is 0 Å². The summed E-state index contributed by atoms with van der Waals surface area (Å²) in [5.41, 5.74) is 5.23. The Balaban J connectivity index is 2.36. The van der Waals surface area contributed by atoms with Gasteiger partial charge in [-0.2, -0.15) is 0 Å². The molecule has 0 saturated heterocycles. The normalized spacial score (nSPS) is 24.7. The molecule has 4 nitrogen and oxygen atoms in total. The maximum Gasteiger partial charge on any atom is 0.203 e. The van der Waals surface area contributed by atoms with Gasteiger partial charge in [0, 0.05) is 12.7 Å². The summed E-state index contributed by atoms with van der Waals surface area (Å²) in [4.78, 5) is 9.71. The van der Waals surface area contributed by atoms with Crippen LogP contribution in [0, 0.1) is 5.92 Å². The second-order valence-electron chi connectivity index (χ2n) is 4.61. The second-order valence-corrected chi connectivity index (χ2v) is 7.03. The fourth-order valence-corrected chi connectivity index (χ4v) is 4.38.